The maximum atomic E-state index is 11.4. The van der Waals surface area contributed by atoms with Gasteiger partial charge in [0.15, 0.2) is 11.9 Å². The molecule has 0 amide bonds. The van der Waals surface area contributed by atoms with Gasteiger partial charge in [0.25, 0.3) is 0 Å². The molecule has 3 unspecified atom stereocenters. The van der Waals surface area contributed by atoms with Gasteiger partial charge in [-0.1, -0.05) is 6.08 Å². The molecule has 1 aliphatic rings. The fourth-order valence-electron chi connectivity index (χ4n) is 2.22. The number of benzene rings is 1. The van der Waals surface area contributed by atoms with Crippen LogP contribution in [0.4, 0.5) is 0 Å². The Kier molecular flexibility index (Phi) is 3.59. The van der Waals surface area contributed by atoms with Crippen molar-refractivity contribution in [3.05, 3.63) is 35.9 Å². The number of methoxy groups -OCH3 is 1. The Hall–Kier alpha value is -1.85. The zero-order valence-electron chi connectivity index (χ0n) is 10.8. The van der Waals surface area contributed by atoms with Gasteiger partial charge in [-0.15, -0.1) is 6.58 Å². The molecule has 19 heavy (non-hydrogen) atoms. The number of hydrogen-bond donors (Lipinski definition) is 2. The van der Waals surface area contributed by atoms with E-state index in [1.165, 1.54) is 32.2 Å². The molecule has 102 valence electrons. The van der Waals surface area contributed by atoms with Crippen LogP contribution in [0.15, 0.2) is 24.8 Å². The van der Waals surface area contributed by atoms with E-state index in [1.54, 1.807) is 0 Å². The molecule has 2 rings (SSSR count). The largest absolute Gasteiger partial charge is 0.507 e. The van der Waals surface area contributed by atoms with Crippen molar-refractivity contribution in [2.45, 2.75) is 25.2 Å². The molecular formula is C14H16O5. The number of ketones is 1. The molecule has 0 saturated carbocycles. The smallest absolute Gasteiger partial charge is 0.163 e. The normalized spacial score (nSPS) is 22.5. The van der Waals surface area contributed by atoms with Crippen LogP contribution in [-0.2, 0) is 4.74 Å². The Balaban J connectivity index is 2.46. The average molecular weight is 264 g/mol. The molecule has 2 N–H and O–H groups in total. The second-order valence-electron chi connectivity index (χ2n) is 4.43. The number of rotatable bonds is 4. The average Bonchev–Trinajstić information content (AvgIpc) is 2.73. The van der Waals surface area contributed by atoms with E-state index in [0.717, 1.165) is 0 Å². The summed E-state index contributed by atoms with van der Waals surface area (Å²) in [5.41, 5.74) is 0.790. The second-order valence-corrected chi connectivity index (χ2v) is 4.43. The molecule has 0 aliphatic carbocycles. The van der Waals surface area contributed by atoms with Crippen molar-refractivity contribution in [2.75, 3.05) is 7.11 Å². The van der Waals surface area contributed by atoms with Gasteiger partial charge in [-0.25, -0.2) is 0 Å². The highest BCUT2D eigenvalue weighted by molar-refractivity contribution is 5.97. The van der Waals surface area contributed by atoms with Crippen LogP contribution in [0, 0.1) is 0 Å². The maximum absolute atomic E-state index is 11.4. The predicted octanol–water partition coefficient (Wildman–Crippen LogP) is 1.59. The Morgan fingerprint density at radius 2 is 2.26 bits per heavy atom. The van der Waals surface area contributed by atoms with Gasteiger partial charge in [0, 0.05) is 12.7 Å². The molecule has 0 aromatic heterocycles. The number of aromatic hydroxyl groups is 1. The van der Waals surface area contributed by atoms with E-state index in [4.69, 9.17) is 9.47 Å². The van der Waals surface area contributed by atoms with Gasteiger partial charge < -0.3 is 19.7 Å². The Bertz CT molecular complexity index is 523. The minimum Gasteiger partial charge on any atom is -0.507 e. The molecule has 1 aromatic rings. The number of phenols is 1. The van der Waals surface area contributed by atoms with E-state index < -0.39 is 18.3 Å². The van der Waals surface area contributed by atoms with Crippen molar-refractivity contribution in [2.24, 2.45) is 0 Å². The van der Waals surface area contributed by atoms with E-state index in [0.29, 0.717) is 11.3 Å². The lowest BCUT2D eigenvalue weighted by Crippen LogP contribution is -2.32. The van der Waals surface area contributed by atoms with Gasteiger partial charge in [-0.2, -0.15) is 0 Å². The van der Waals surface area contributed by atoms with Crippen LogP contribution >= 0.6 is 0 Å². The van der Waals surface area contributed by atoms with Crippen molar-refractivity contribution in [1.82, 2.24) is 0 Å². The lowest BCUT2D eigenvalue weighted by molar-refractivity contribution is -0.0254. The molecule has 0 fully saturated rings. The highest BCUT2D eigenvalue weighted by Gasteiger charge is 2.39. The van der Waals surface area contributed by atoms with Crippen LogP contribution in [0.1, 0.15) is 28.9 Å². The summed E-state index contributed by atoms with van der Waals surface area (Å²) in [6.45, 7) is 4.87. The summed E-state index contributed by atoms with van der Waals surface area (Å²) >= 11 is 0. The van der Waals surface area contributed by atoms with Gasteiger partial charge in [0.1, 0.15) is 23.7 Å². The van der Waals surface area contributed by atoms with Gasteiger partial charge >= 0.3 is 0 Å². The zero-order valence-corrected chi connectivity index (χ0v) is 10.8. The molecule has 0 spiro atoms. The highest BCUT2D eigenvalue weighted by atomic mass is 16.6. The summed E-state index contributed by atoms with van der Waals surface area (Å²) in [4.78, 5) is 11.4. The molecular weight excluding hydrogens is 248 g/mol. The second kappa shape index (κ2) is 5.03. The SMILES string of the molecule is C=CC(O)C1Oc2cc(C(C)=O)c(O)cc2C1OC. The van der Waals surface area contributed by atoms with Crippen molar-refractivity contribution < 1.29 is 24.5 Å². The lowest BCUT2D eigenvalue weighted by Gasteiger charge is -2.20. The summed E-state index contributed by atoms with van der Waals surface area (Å²) in [5.74, 6) is 0.0528. The van der Waals surface area contributed by atoms with Gasteiger partial charge in [0.2, 0.25) is 0 Å². The van der Waals surface area contributed by atoms with E-state index >= 15 is 0 Å². The summed E-state index contributed by atoms with van der Waals surface area (Å²) in [5, 5.41) is 19.7. The van der Waals surface area contributed by atoms with Gasteiger partial charge in [-0.05, 0) is 19.1 Å². The molecule has 1 aromatic carbocycles. The molecule has 5 heteroatoms. The number of fused-ring (bicyclic) bond motifs is 1. The number of phenolic OH excluding ortho intramolecular Hbond substituents is 1. The van der Waals surface area contributed by atoms with Crippen molar-refractivity contribution in [1.29, 1.82) is 0 Å². The van der Waals surface area contributed by atoms with Crippen LogP contribution in [0.5, 0.6) is 11.5 Å². The monoisotopic (exact) mass is 264 g/mol. The van der Waals surface area contributed by atoms with Crippen LogP contribution in [-0.4, -0.2) is 35.3 Å². The molecule has 0 bridgehead atoms. The van der Waals surface area contributed by atoms with Crippen LogP contribution < -0.4 is 4.74 Å². The maximum Gasteiger partial charge on any atom is 0.163 e. The minimum absolute atomic E-state index is 0.120. The third kappa shape index (κ3) is 2.22. The summed E-state index contributed by atoms with van der Waals surface area (Å²) in [7, 11) is 1.49. The molecule has 1 heterocycles. The number of aliphatic hydroxyl groups excluding tert-OH is 1. The standard InChI is InChI=1S/C14H16O5/c1-4-10(16)14-13(18-3)9-5-11(17)8(7(2)15)6-12(9)19-14/h4-6,10,13-14,16-17H,1H2,2-3H3. The summed E-state index contributed by atoms with van der Waals surface area (Å²) < 4.78 is 10.9. The lowest BCUT2D eigenvalue weighted by atomic mass is 10.00. The Morgan fingerprint density at radius 1 is 1.58 bits per heavy atom. The van der Waals surface area contributed by atoms with E-state index in [-0.39, 0.29) is 17.1 Å². The first-order valence-corrected chi connectivity index (χ1v) is 5.87. The third-order valence-corrected chi connectivity index (χ3v) is 3.21. The van der Waals surface area contributed by atoms with Crippen molar-refractivity contribution in [3.8, 4) is 11.5 Å². The minimum atomic E-state index is -0.903. The number of aliphatic hydroxyl groups is 1. The summed E-state index contributed by atoms with van der Waals surface area (Å²) in [6, 6.07) is 2.91. The predicted molar refractivity (Wildman–Crippen MR) is 68.5 cm³/mol. The van der Waals surface area contributed by atoms with Gasteiger partial charge in [-0.3, -0.25) is 4.79 Å². The first kappa shape index (κ1) is 13.6. The molecule has 0 saturated heterocycles. The van der Waals surface area contributed by atoms with Crippen molar-refractivity contribution in [3.63, 3.8) is 0 Å². The van der Waals surface area contributed by atoms with Gasteiger partial charge in [0.05, 0.1) is 5.56 Å². The topological polar surface area (TPSA) is 76.0 Å². The number of Topliss-reactive ketones (excluding diaryl/α,β-unsaturated/α-hetero) is 1. The zero-order chi connectivity index (χ0) is 14.2. The fourth-order valence-corrected chi connectivity index (χ4v) is 2.22. The number of ether oxygens (including phenoxy) is 2. The summed E-state index contributed by atoms with van der Waals surface area (Å²) in [6.07, 6.45) is -0.705. The number of carbonyl (C=O) groups is 1. The van der Waals surface area contributed by atoms with Crippen LogP contribution in [0.25, 0.3) is 0 Å². The van der Waals surface area contributed by atoms with E-state index in [2.05, 4.69) is 6.58 Å². The Labute approximate surface area is 111 Å². The molecule has 1 aliphatic heterocycles. The van der Waals surface area contributed by atoms with E-state index in [1.807, 2.05) is 0 Å². The quantitative estimate of drug-likeness (QED) is 0.638. The Morgan fingerprint density at radius 3 is 2.79 bits per heavy atom. The third-order valence-electron chi connectivity index (χ3n) is 3.21. The molecule has 3 atom stereocenters. The molecule has 0 radical (unpaired) electrons. The van der Waals surface area contributed by atoms with Crippen molar-refractivity contribution >= 4 is 5.78 Å². The fraction of sp³-hybridized carbons (Fsp3) is 0.357. The first-order valence-electron chi connectivity index (χ1n) is 5.87. The highest BCUT2D eigenvalue weighted by Crippen LogP contribution is 2.43. The van der Waals surface area contributed by atoms with Crippen LogP contribution in [0.3, 0.4) is 0 Å². The first-order chi connectivity index (χ1) is 8.99. The van der Waals surface area contributed by atoms with E-state index in [9.17, 15) is 15.0 Å². The number of carbonyl (C=O) groups excluding carboxylic acids is 1. The molecule has 5 nitrogen and oxygen atoms in total. The van der Waals surface area contributed by atoms with Crippen LogP contribution in [0.2, 0.25) is 0 Å². The number of hydrogen-bond acceptors (Lipinski definition) is 5.